The third-order valence-corrected chi connectivity index (χ3v) is 7.72. The normalized spacial score (nSPS) is 12.4. The summed E-state index contributed by atoms with van der Waals surface area (Å²) in [5.74, 6) is 0.0630. The van der Waals surface area contributed by atoms with Crippen LogP contribution in [-0.2, 0) is 19.6 Å². The third kappa shape index (κ3) is 6.59. The Labute approximate surface area is 197 Å². The lowest BCUT2D eigenvalue weighted by atomic mass is 10.1. The number of carbonyl (C=O) groups excluding carboxylic acids is 2. The zero-order valence-electron chi connectivity index (χ0n) is 18.6. The molecule has 0 aliphatic carbocycles. The molecule has 3 rings (SSSR count). The summed E-state index contributed by atoms with van der Waals surface area (Å²) in [7, 11) is -2.78. The summed E-state index contributed by atoms with van der Waals surface area (Å²) in [6.07, 6.45) is 5.11. The molecule has 3 N–H and O–H groups in total. The molecular formula is C23H28N3O5S2+. The maximum Gasteiger partial charge on any atom is 0.349 e. The van der Waals surface area contributed by atoms with Gasteiger partial charge in [0.2, 0.25) is 10.0 Å². The lowest BCUT2D eigenvalue weighted by Gasteiger charge is -2.14. The van der Waals surface area contributed by atoms with Gasteiger partial charge in [-0.3, -0.25) is 0 Å². The lowest BCUT2D eigenvalue weighted by molar-refractivity contribution is -0.391. The van der Waals surface area contributed by atoms with Crippen LogP contribution in [0.15, 0.2) is 52.9 Å². The van der Waals surface area contributed by atoms with Crippen molar-refractivity contribution in [2.45, 2.75) is 50.0 Å². The van der Waals surface area contributed by atoms with Crippen LogP contribution >= 0.6 is 11.3 Å². The number of methoxy groups -OCH3 is 1. The van der Waals surface area contributed by atoms with Gasteiger partial charge in [-0.1, -0.05) is 43.2 Å². The van der Waals surface area contributed by atoms with Crippen LogP contribution in [0.25, 0.3) is 11.3 Å². The van der Waals surface area contributed by atoms with Gasteiger partial charge in [-0.05, 0) is 31.2 Å². The number of thiophene rings is 1. The highest BCUT2D eigenvalue weighted by atomic mass is 32.2. The fourth-order valence-electron chi connectivity index (χ4n) is 3.49. The summed E-state index contributed by atoms with van der Waals surface area (Å²) in [4.78, 5) is 29.6. The second-order valence-electron chi connectivity index (χ2n) is 7.69. The standard InChI is InChI=1S/C23H27N3O5S2/c1-16(27)9-5-3-8-12-18(22-24-15-19(25-22)17-10-6-4-7-11-17)26-33(29,30)20-13-14-32-21(20)23(28)31-2/h4,6-7,10-11,13-15,18,26H,3,5,8-9,12H2,1-2H3,(H,24,25)/p+1/t18-/m0/s1. The number of benzene rings is 1. The van der Waals surface area contributed by atoms with E-state index in [9.17, 15) is 18.0 Å². The van der Waals surface area contributed by atoms with Crippen molar-refractivity contribution in [2.24, 2.45) is 0 Å². The van der Waals surface area contributed by atoms with Crippen LogP contribution in [0, 0.1) is 0 Å². The number of carbonyl (C=O) groups is 2. The van der Waals surface area contributed by atoms with Crippen molar-refractivity contribution in [3.63, 3.8) is 0 Å². The van der Waals surface area contributed by atoms with E-state index in [0.717, 1.165) is 41.9 Å². The van der Waals surface area contributed by atoms with Crippen LogP contribution in [0.1, 0.15) is 60.6 Å². The van der Waals surface area contributed by atoms with Crippen LogP contribution in [0.3, 0.4) is 0 Å². The van der Waals surface area contributed by atoms with E-state index in [1.54, 1.807) is 18.5 Å². The van der Waals surface area contributed by atoms with Crippen molar-refractivity contribution in [3.05, 3.63) is 58.7 Å². The monoisotopic (exact) mass is 490 g/mol. The molecule has 3 aromatic rings. The number of H-pyrrole nitrogens is 2. The van der Waals surface area contributed by atoms with E-state index in [1.807, 2.05) is 30.3 Å². The number of imidazole rings is 1. The molecular weight excluding hydrogens is 462 g/mol. The Morgan fingerprint density at radius 2 is 1.91 bits per heavy atom. The number of hydrogen-bond acceptors (Lipinski definition) is 6. The van der Waals surface area contributed by atoms with Crippen molar-refractivity contribution < 1.29 is 27.7 Å². The smallest absolute Gasteiger partial charge is 0.349 e. The topological polar surface area (TPSA) is 119 Å². The molecule has 2 heterocycles. The average Bonchev–Trinajstić information content (AvgIpc) is 3.48. The van der Waals surface area contributed by atoms with Crippen molar-refractivity contribution >= 4 is 33.1 Å². The van der Waals surface area contributed by atoms with Crippen LogP contribution in [0.2, 0.25) is 0 Å². The zero-order valence-corrected chi connectivity index (χ0v) is 20.2. The van der Waals surface area contributed by atoms with Crippen LogP contribution in [-0.4, -0.2) is 32.3 Å². The molecule has 0 aliphatic rings. The van der Waals surface area contributed by atoms with Crippen LogP contribution in [0.5, 0.6) is 0 Å². The molecule has 0 bridgehead atoms. The number of Topliss-reactive ketones (excluding diaryl/α,β-unsaturated/α-hetero) is 1. The first-order valence-electron chi connectivity index (χ1n) is 10.7. The van der Waals surface area contributed by atoms with Gasteiger partial charge < -0.3 is 9.53 Å². The highest BCUT2D eigenvalue weighted by Gasteiger charge is 2.31. The minimum atomic E-state index is -4.00. The van der Waals surface area contributed by atoms with Gasteiger partial charge in [0, 0.05) is 12.0 Å². The molecule has 0 fully saturated rings. The van der Waals surface area contributed by atoms with Gasteiger partial charge in [0.25, 0.3) is 5.82 Å². The number of esters is 1. The number of ether oxygens (including phenoxy) is 1. The van der Waals surface area contributed by atoms with E-state index < -0.39 is 22.0 Å². The molecule has 0 spiro atoms. The molecule has 0 saturated heterocycles. The van der Waals surface area contributed by atoms with Gasteiger partial charge in [0.1, 0.15) is 27.8 Å². The zero-order chi connectivity index (χ0) is 23.8. The van der Waals surface area contributed by atoms with E-state index in [-0.39, 0.29) is 15.6 Å². The largest absolute Gasteiger partial charge is 0.465 e. The van der Waals surface area contributed by atoms with Crippen molar-refractivity contribution in [1.82, 2.24) is 9.71 Å². The first-order chi connectivity index (χ1) is 15.8. The highest BCUT2D eigenvalue weighted by Crippen LogP contribution is 2.26. The van der Waals surface area contributed by atoms with Crippen LogP contribution in [0.4, 0.5) is 0 Å². The Balaban J connectivity index is 1.83. The minimum absolute atomic E-state index is 0.0330. The van der Waals surface area contributed by atoms with Gasteiger partial charge in [0.05, 0.1) is 7.11 Å². The Morgan fingerprint density at radius 3 is 2.61 bits per heavy atom. The molecule has 33 heavy (non-hydrogen) atoms. The molecule has 0 unspecified atom stereocenters. The van der Waals surface area contributed by atoms with Gasteiger partial charge in [-0.15, -0.1) is 11.3 Å². The summed E-state index contributed by atoms with van der Waals surface area (Å²) in [6.45, 7) is 1.57. The fourth-order valence-corrected chi connectivity index (χ4v) is 6.07. The summed E-state index contributed by atoms with van der Waals surface area (Å²) in [6, 6.07) is 10.5. The molecule has 10 heteroatoms. The Morgan fingerprint density at radius 1 is 1.15 bits per heavy atom. The minimum Gasteiger partial charge on any atom is -0.465 e. The maximum absolute atomic E-state index is 13.2. The Bertz CT molecular complexity index is 1190. The number of rotatable bonds is 12. The predicted octanol–water partition coefficient (Wildman–Crippen LogP) is 3.90. The van der Waals surface area contributed by atoms with E-state index in [2.05, 4.69) is 14.7 Å². The summed E-state index contributed by atoms with van der Waals surface area (Å²) >= 11 is 1.02. The van der Waals surface area contributed by atoms with E-state index in [0.29, 0.717) is 18.7 Å². The van der Waals surface area contributed by atoms with E-state index in [1.165, 1.54) is 13.2 Å². The molecule has 1 atom stereocenters. The predicted molar refractivity (Wildman–Crippen MR) is 125 cm³/mol. The molecule has 0 aliphatic heterocycles. The van der Waals surface area contributed by atoms with Gasteiger partial charge in [-0.2, -0.15) is 4.72 Å². The molecule has 8 nitrogen and oxygen atoms in total. The lowest BCUT2D eigenvalue weighted by Crippen LogP contribution is -2.32. The number of hydrogen-bond donors (Lipinski definition) is 2. The van der Waals surface area contributed by atoms with Crippen LogP contribution < -0.4 is 9.71 Å². The van der Waals surface area contributed by atoms with Crippen molar-refractivity contribution in [3.8, 4) is 11.3 Å². The molecule has 2 aromatic heterocycles. The number of aromatic nitrogens is 2. The second kappa shape index (κ2) is 11.4. The fraction of sp³-hybridized carbons (Fsp3) is 0.348. The second-order valence-corrected chi connectivity index (χ2v) is 10.3. The third-order valence-electron chi connectivity index (χ3n) is 5.18. The van der Waals surface area contributed by atoms with Crippen molar-refractivity contribution in [1.29, 1.82) is 0 Å². The van der Waals surface area contributed by atoms with Crippen molar-refractivity contribution in [2.75, 3.05) is 7.11 Å². The van der Waals surface area contributed by atoms with E-state index >= 15 is 0 Å². The molecule has 176 valence electrons. The summed E-state index contributed by atoms with van der Waals surface area (Å²) < 4.78 is 33.8. The summed E-state index contributed by atoms with van der Waals surface area (Å²) in [5, 5.41) is 1.55. The van der Waals surface area contributed by atoms with E-state index in [4.69, 9.17) is 4.74 Å². The van der Waals surface area contributed by atoms with Gasteiger partial charge in [-0.25, -0.2) is 23.2 Å². The maximum atomic E-state index is 13.2. The Kier molecular flexibility index (Phi) is 8.54. The number of nitrogens with one attached hydrogen (secondary N) is 3. The highest BCUT2D eigenvalue weighted by molar-refractivity contribution is 7.89. The molecule has 0 radical (unpaired) electrons. The molecule has 0 amide bonds. The SMILES string of the molecule is COC(=O)c1sccc1S(=O)(=O)N[C@@H](CCCCCC(C)=O)c1[nH]c(-c2ccccc2)c[nH+]1. The first-order valence-corrected chi connectivity index (χ1v) is 13.0. The molecule has 1 aromatic carbocycles. The number of unbranched alkanes of at least 4 members (excludes halogenated alkanes) is 2. The molecule has 0 saturated carbocycles. The number of sulfonamides is 1. The van der Waals surface area contributed by atoms with Gasteiger partial charge in [0.15, 0.2) is 5.69 Å². The van der Waals surface area contributed by atoms with Gasteiger partial charge >= 0.3 is 5.97 Å². The Hall–Kier alpha value is -2.82. The average molecular weight is 491 g/mol. The first kappa shape index (κ1) is 24.8. The number of aromatic amines is 2. The summed E-state index contributed by atoms with van der Waals surface area (Å²) in [5.41, 5.74) is 1.80. The number of ketones is 1. The quantitative estimate of drug-likeness (QED) is 0.295.